The van der Waals surface area contributed by atoms with Gasteiger partial charge in [0.1, 0.15) is 18.3 Å². The molecular weight excluding hydrogens is 259 g/mol. The molecular formula is C11H9FN2O5. The van der Waals surface area contributed by atoms with E-state index in [9.17, 15) is 24.1 Å². The minimum atomic E-state index is -1.50. The number of amides is 2. The second kappa shape index (κ2) is 4.73. The van der Waals surface area contributed by atoms with Crippen LogP contribution < -0.4 is 0 Å². The molecule has 1 unspecified atom stereocenters. The Hall–Kier alpha value is -2.35. The Morgan fingerprint density at radius 2 is 2.05 bits per heavy atom. The largest absolute Gasteiger partial charge is 0.389 e. The lowest BCUT2D eigenvalue weighted by atomic mass is 10.1. The lowest BCUT2D eigenvalue weighted by Gasteiger charge is -2.15. The summed E-state index contributed by atoms with van der Waals surface area (Å²) in [5.41, 5.74) is -0.901. The Kier molecular flexibility index (Phi) is 3.26. The summed E-state index contributed by atoms with van der Waals surface area (Å²) >= 11 is 0. The van der Waals surface area contributed by atoms with Crippen molar-refractivity contribution in [2.75, 3.05) is 13.2 Å². The SMILES string of the molecule is O=C1c2cccc([N+](=O)[O-])c2C(=O)N1CC(O)CF. The number of aliphatic hydroxyl groups excluding tert-OH is 1. The van der Waals surface area contributed by atoms with Crippen LogP contribution in [0.5, 0.6) is 0 Å². The fraction of sp³-hybridized carbons (Fsp3) is 0.273. The number of carbonyl (C=O) groups is 2. The fourth-order valence-electron chi connectivity index (χ4n) is 1.89. The van der Waals surface area contributed by atoms with Gasteiger partial charge < -0.3 is 5.11 Å². The number of imide groups is 1. The molecule has 1 N–H and O–H groups in total. The lowest BCUT2D eigenvalue weighted by Crippen LogP contribution is -2.37. The maximum absolute atomic E-state index is 12.2. The van der Waals surface area contributed by atoms with Crippen molar-refractivity contribution in [3.63, 3.8) is 0 Å². The molecule has 2 amide bonds. The van der Waals surface area contributed by atoms with Gasteiger partial charge in [0.05, 0.1) is 17.0 Å². The zero-order valence-corrected chi connectivity index (χ0v) is 9.58. The molecule has 0 spiro atoms. The van der Waals surface area contributed by atoms with Crippen LogP contribution in [0.15, 0.2) is 18.2 Å². The van der Waals surface area contributed by atoms with E-state index < -0.39 is 41.7 Å². The monoisotopic (exact) mass is 268 g/mol. The summed E-state index contributed by atoms with van der Waals surface area (Å²) in [5, 5.41) is 20.0. The summed E-state index contributed by atoms with van der Waals surface area (Å²) in [6, 6.07) is 3.68. The highest BCUT2D eigenvalue weighted by Gasteiger charge is 2.41. The second-order valence-corrected chi connectivity index (χ2v) is 3.99. The fourth-order valence-corrected chi connectivity index (χ4v) is 1.89. The van der Waals surface area contributed by atoms with Crippen molar-refractivity contribution in [2.24, 2.45) is 0 Å². The summed E-state index contributed by atoms with van der Waals surface area (Å²) < 4.78 is 12.2. The van der Waals surface area contributed by atoms with Crippen LogP contribution in [0.3, 0.4) is 0 Å². The number of nitro groups is 1. The zero-order chi connectivity index (χ0) is 14.2. The first-order chi connectivity index (χ1) is 8.97. The van der Waals surface area contributed by atoms with E-state index in [4.69, 9.17) is 5.11 Å². The molecule has 0 radical (unpaired) electrons. The Balaban J connectivity index is 2.44. The van der Waals surface area contributed by atoms with Gasteiger partial charge in [-0.2, -0.15) is 0 Å². The normalized spacial score (nSPS) is 15.6. The van der Waals surface area contributed by atoms with Crippen LogP contribution in [0.2, 0.25) is 0 Å². The Morgan fingerprint density at radius 3 is 2.63 bits per heavy atom. The van der Waals surface area contributed by atoms with Gasteiger partial charge in [0.2, 0.25) is 0 Å². The Morgan fingerprint density at radius 1 is 1.37 bits per heavy atom. The number of rotatable bonds is 4. The van der Waals surface area contributed by atoms with Crippen molar-refractivity contribution < 1.29 is 24.0 Å². The van der Waals surface area contributed by atoms with E-state index in [-0.39, 0.29) is 11.1 Å². The van der Waals surface area contributed by atoms with Gasteiger partial charge in [-0.1, -0.05) is 6.07 Å². The highest BCUT2D eigenvalue weighted by molar-refractivity contribution is 6.23. The molecule has 0 aliphatic carbocycles. The lowest BCUT2D eigenvalue weighted by molar-refractivity contribution is -0.385. The topological polar surface area (TPSA) is 101 Å². The number of fused-ring (bicyclic) bond motifs is 1. The molecule has 1 aliphatic heterocycles. The molecule has 1 atom stereocenters. The number of hydrogen-bond acceptors (Lipinski definition) is 5. The number of nitro benzene ring substituents is 1. The molecule has 1 aliphatic rings. The Bertz CT molecular complexity index is 574. The average Bonchev–Trinajstić information content (AvgIpc) is 2.63. The summed E-state index contributed by atoms with van der Waals surface area (Å²) in [6.07, 6.45) is -1.50. The van der Waals surface area contributed by atoms with Gasteiger partial charge in [0, 0.05) is 6.07 Å². The predicted molar refractivity (Wildman–Crippen MR) is 60.4 cm³/mol. The molecule has 0 fully saturated rings. The molecule has 0 saturated heterocycles. The molecule has 0 saturated carbocycles. The van der Waals surface area contributed by atoms with Crippen molar-refractivity contribution in [1.82, 2.24) is 4.90 Å². The van der Waals surface area contributed by atoms with Crippen LogP contribution >= 0.6 is 0 Å². The summed E-state index contributed by atoms with van der Waals surface area (Å²) in [4.78, 5) is 34.5. The van der Waals surface area contributed by atoms with Crippen molar-refractivity contribution >= 4 is 17.5 Å². The highest BCUT2D eigenvalue weighted by Crippen LogP contribution is 2.30. The summed E-state index contributed by atoms with van der Waals surface area (Å²) in [7, 11) is 0. The van der Waals surface area contributed by atoms with E-state index in [1.54, 1.807) is 0 Å². The van der Waals surface area contributed by atoms with Crippen LogP contribution in [0.1, 0.15) is 20.7 Å². The maximum Gasteiger partial charge on any atom is 0.282 e. The van der Waals surface area contributed by atoms with E-state index in [0.717, 1.165) is 6.07 Å². The van der Waals surface area contributed by atoms with Gasteiger partial charge in [-0.25, -0.2) is 4.39 Å². The van der Waals surface area contributed by atoms with Crippen LogP contribution in [-0.4, -0.2) is 46.1 Å². The minimum absolute atomic E-state index is 0.106. The number of nitrogens with zero attached hydrogens (tertiary/aromatic N) is 2. The number of benzene rings is 1. The summed E-state index contributed by atoms with van der Waals surface area (Å²) in [5.74, 6) is -1.66. The smallest absolute Gasteiger partial charge is 0.282 e. The van der Waals surface area contributed by atoms with Gasteiger partial charge in [-0.05, 0) is 6.07 Å². The van der Waals surface area contributed by atoms with E-state index >= 15 is 0 Å². The number of carbonyl (C=O) groups excluding carboxylic acids is 2. The van der Waals surface area contributed by atoms with Crippen LogP contribution in [0.25, 0.3) is 0 Å². The molecule has 0 bridgehead atoms. The van der Waals surface area contributed by atoms with Crippen LogP contribution in [0.4, 0.5) is 10.1 Å². The van der Waals surface area contributed by atoms with E-state index in [2.05, 4.69) is 0 Å². The molecule has 0 aromatic heterocycles. The third kappa shape index (κ3) is 2.06. The standard InChI is InChI=1S/C11H9FN2O5/c12-4-6(15)5-13-10(16)7-2-1-3-8(14(18)19)9(7)11(13)17/h1-3,6,15H,4-5H2. The summed E-state index contributed by atoms with van der Waals surface area (Å²) in [6.45, 7) is -1.64. The molecule has 1 aromatic rings. The average molecular weight is 268 g/mol. The zero-order valence-electron chi connectivity index (χ0n) is 9.58. The number of aliphatic hydroxyl groups is 1. The van der Waals surface area contributed by atoms with E-state index in [1.807, 2.05) is 0 Å². The number of halogens is 1. The van der Waals surface area contributed by atoms with Crippen molar-refractivity contribution in [2.45, 2.75) is 6.10 Å². The number of β-amino-alcohol motifs (C(OH)–C–C–N with tert-alkyl or cyclic N) is 1. The quantitative estimate of drug-likeness (QED) is 0.487. The van der Waals surface area contributed by atoms with Gasteiger partial charge in [-0.15, -0.1) is 0 Å². The second-order valence-electron chi connectivity index (χ2n) is 3.99. The van der Waals surface area contributed by atoms with Crippen molar-refractivity contribution in [3.8, 4) is 0 Å². The third-order valence-electron chi connectivity index (χ3n) is 2.75. The van der Waals surface area contributed by atoms with E-state index in [0.29, 0.717) is 4.90 Å². The number of alkyl halides is 1. The molecule has 1 heterocycles. The third-order valence-corrected chi connectivity index (χ3v) is 2.75. The maximum atomic E-state index is 12.2. The number of hydrogen-bond donors (Lipinski definition) is 1. The van der Waals surface area contributed by atoms with Crippen LogP contribution in [0, 0.1) is 10.1 Å². The van der Waals surface area contributed by atoms with Gasteiger partial charge >= 0.3 is 0 Å². The first-order valence-corrected chi connectivity index (χ1v) is 5.35. The molecule has 100 valence electrons. The van der Waals surface area contributed by atoms with E-state index in [1.165, 1.54) is 12.1 Å². The van der Waals surface area contributed by atoms with Gasteiger partial charge in [0.25, 0.3) is 17.5 Å². The molecule has 8 heteroatoms. The Labute approximate surface area is 106 Å². The predicted octanol–water partition coefficient (Wildman–Crippen LogP) is 0.521. The van der Waals surface area contributed by atoms with Crippen molar-refractivity contribution in [1.29, 1.82) is 0 Å². The first-order valence-electron chi connectivity index (χ1n) is 5.35. The molecule has 2 rings (SSSR count). The highest BCUT2D eigenvalue weighted by atomic mass is 19.1. The van der Waals surface area contributed by atoms with Gasteiger partial charge in [-0.3, -0.25) is 24.6 Å². The van der Waals surface area contributed by atoms with Crippen molar-refractivity contribution in [3.05, 3.63) is 39.4 Å². The first kappa shape index (κ1) is 13.1. The van der Waals surface area contributed by atoms with Gasteiger partial charge in [0.15, 0.2) is 0 Å². The minimum Gasteiger partial charge on any atom is -0.389 e. The molecule has 7 nitrogen and oxygen atoms in total. The molecule has 1 aromatic carbocycles. The molecule has 19 heavy (non-hydrogen) atoms. The van der Waals surface area contributed by atoms with Crippen LogP contribution in [-0.2, 0) is 0 Å².